The van der Waals surface area contributed by atoms with Gasteiger partial charge in [-0.1, -0.05) is 36.3 Å². The van der Waals surface area contributed by atoms with Crippen molar-refractivity contribution in [2.45, 2.75) is 25.7 Å². The van der Waals surface area contributed by atoms with Crippen LogP contribution in [0.5, 0.6) is 5.75 Å². The zero-order chi connectivity index (χ0) is 21.7. The average Bonchev–Trinajstić information content (AvgIpc) is 2.91. The molecule has 0 aliphatic carbocycles. The molecule has 156 valence electrons. The van der Waals surface area contributed by atoms with E-state index in [1.165, 1.54) is 24.0 Å². The molecule has 1 heterocycles. The van der Waals surface area contributed by atoms with E-state index in [-0.39, 0.29) is 19.7 Å². The topological polar surface area (TPSA) is 58.6 Å². The predicted molar refractivity (Wildman–Crippen MR) is 103 cm³/mol. The van der Waals surface area contributed by atoms with Gasteiger partial charge in [-0.15, -0.1) is 0 Å². The Morgan fingerprint density at radius 1 is 1.17 bits per heavy atom. The van der Waals surface area contributed by atoms with Crippen LogP contribution in [-0.4, -0.2) is 29.9 Å². The Bertz CT molecular complexity index is 991. The van der Waals surface area contributed by atoms with Gasteiger partial charge in [0, 0.05) is 12.1 Å². The standard InChI is InChI=1S/C22H19F3N2O3/c1-2-5-19(28)27-12-13-30-18-7-4-3-6-17(18)20(27)21(29)26-14-15-8-10-16(11-9-15)22(23,24)25/h3-4,6-11,20H,12-14H2,1H3,(H,26,29). The number of hydrogen-bond donors (Lipinski definition) is 1. The number of alkyl halides is 3. The number of fused-ring (bicyclic) bond motifs is 1. The van der Waals surface area contributed by atoms with E-state index in [2.05, 4.69) is 17.2 Å². The lowest BCUT2D eigenvalue weighted by atomic mass is 10.0. The second-order valence-corrected chi connectivity index (χ2v) is 6.57. The number of rotatable bonds is 3. The zero-order valence-corrected chi connectivity index (χ0v) is 16.1. The maximum atomic E-state index is 13.0. The minimum absolute atomic E-state index is 0.0119. The summed E-state index contributed by atoms with van der Waals surface area (Å²) in [7, 11) is 0. The predicted octanol–water partition coefficient (Wildman–Crippen LogP) is 3.31. The van der Waals surface area contributed by atoms with Gasteiger partial charge in [-0.05, 0) is 36.6 Å². The van der Waals surface area contributed by atoms with Crippen LogP contribution >= 0.6 is 0 Å². The van der Waals surface area contributed by atoms with Crippen LogP contribution in [0.15, 0.2) is 48.5 Å². The first kappa shape index (κ1) is 21.2. The van der Waals surface area contributed by atoms with E-state index in [9.17, 15) is 22.8 Å². The van der Waals surface area contributed by atoms with Gasteiger partial charge in [-0.25, -0.2) is 0 Å². The van der Waals surface area contributed by atoms with Gasteiger partial charge >= 0.3 is 6.18 Å². The molecule has 0 spiro atoms. The molecule has 0 fully saturated rings. The largest absolute Gasteiger partial charge is 0.491 e. The maximum absolute atomic E-state index is 13.0. The summed E-state index contributed by atoms with van der Waals surface area (Å²) in [6.45, 7) is 1.91. The highest BCUT2D eigenvalue weighted by Gasteiger charge is 2.35. The van der Waals surface area contributed by atoms with Crippen molar-refractivity contribution in [1.29, 1.82) is 0 Å². The Kier molecular flexibility index (Phi) is 6.31. The minimum Gasteiger partial charge on any atom is -0.491 e. The van der Waals surface area contributed by atoms with E-state index >= 15 is 0 Å². The molecule has 1 aliphatic heterocycles. The summed E-state index contributed by atoms with van der Waals surface area (Å²) < 4.78 is 43.8. The molecule has 0 aromatic heterocycles. The van der Waals surface area contributed by atoms with Crippen molar-refractivity contribution in [1.82, 2.24) is 10.2 Å². The molecule has 2 aromatic rings. The summed E-state index contributed by atoms with van der Waals surface area (Å²) in [4.78, 5) is 26.9. The van der Waals surface area contributed by atoms with E-state index < -0.39 is 29.6 Å². The van der Waals surface area contributed by atoms with Crippen LogP contribution in [0.2, 0.25) is 0 Å². The number of amides is 2. The number of nitrogens with zero attached hydrogens (tertiary/aromatic N) is 1. The Morgan fingerprint density at radius 2 is 1.87 bits per heavy atom. The van der Waals surface area contributed by atoms with E-state index in [0.717, 1.165) is 12.1 Å². The highest BCUT2D eigenvalue weighted by molar-refractivity contribution is 5.97. The number of nitrogens with one attached hydrogen (secondary N) is 1. The van der Waals surface area contributed by atoms with Gasteiger partial charge in [0.25, 0.3) is 5.91 Å². The highest BCUT2D eigenvalue weighted by Crippen LogP contribution is 2.32. The van der Waals surface area contributed by atoms with Crippen LogP contribution in [0.1, 0.15) is 29.7 Å². The molecule has 2 amide bonds. The van der Waals surface area contributed by atoms with Crippen molar-refractivity contribution in [3.05, 3.63) is 65.2 Å². The third-order valence-corrected chi connectivity index (χ3v) is 4.60. The molecule has 3 rings (SSSR count). The zero-order valence-electron chi connectivity index (χ0n) is 16.1. The molecule has 0 bridgehead atoms. The van der Waals surface area contributed by atoms with Crippen molar-refractivity contribution < 1.29 is 27.5 Å². The van der Waals surface area contributed by atoms with Gasteiger partial charge in [0.05, 0.1) is 12.1 Å². The van der Waals surface area contributed by atoms with Crippen LogP contribution in [-0.2, 0) is 22.3 Å². The third kappa shape index (κ3) is 4.74. The van der Waals surface area contributed by atoms with Gasteiger partial charge in [-0.3, -0.25) is 9.59 Å². The molecule has 5 nitrogen and oxygen atoms in total. The SMILES string of the molecule is CC#CC(=O)N1CCOc2ccccc2C1C(=O)NCc1ccc(C(F)(F)F)cc1. The molecular weight excluding hydrogens is 397 g/mol. The number of para-hydroxylation sites is 1. The smallest absolute Gasteiger partial charge is 0.416 e. The van der Waals surface area contributed by atoms with Crippen LogP contribution in [0, 0.1) is 11.8 Å². The molecular formula is C22H19F3N2O3. The summed E-state index contributed by atoms with van der Waals surface area (Å²) in [5.41, 5.74) is 0.259. The first-order valence-electron chi connectivity index (χ1n) is 9.20. The summed E-state index contributed by atoms with van der Waals surface area (Å²) in [6.07, 6.45) is -4.42. The molecule has 1 aliphatic rings. The molecule has 1 unspecified atom stereocenters. The van der Waals surface area contributed by atoms with Crippen molar-refractivity contribution in [2.75, 3.05) is 13.2 Å². The minimum atomic E-state index is -4.42. The van der Waals surface area contributed by atoms with Crippen molar-refractivity contribution in [3.63, 3.8) is 0 Å². The van der Waals surface area contributed by atoms with Gasteiger partial charge in [-0.2, -0.15) is 13.2 Å². The van der Waals surface area contributed by atoms with Crippen LogP contribution in [0.25, 0.3) is 0 Å². The van der Waals surface area contributed by atoms with E-state index in [1.54, 1.807) is 24.3 Å². The van der Waals surface area contributed by atoms with Gasteiger partial charge in [0.15, 0.2) is 0 Å². The first-order chi connectivity index (χ1) is 14.3. The second kappa shape index (κ2) is 8.91. The summed E-state index contributed by atoms with van der Waals surface area (Å²) in [6, 6.07) is 10.5. The number of carbonyl (C=O) groups is 2. The van der Waals surface area contributed by atoms with Crippen molar-refractivity contribution in [2.24, 2.45) is 0 Å². The molecule has 30 heavy (non-hydrogen) atoms. The quantitative estimate of drug-likeness (QED) is 0.782. The lowest BCUT2D eigenvalue weighted by Gasteiger charge is -2.27. The average molecular weight is 416 g/mol. The maximum Gasteiger partial charge on any atom is 0.416 e. The van der Waals surface area contributed by atoms with E-state index in [0.29, 0.717) is 16.9 Å². The van der Waals surface area contributed by atoms with Crippen LogP contribution < -0.4 is 10.1 Å². The molecule has 0 saturated heterocycles. The monoisotopic (exact) mass is 416 g/mol. The van der Waals surface area contributed by atoms with E-state index in [1.807, 2.05) is 0 Å². The lowest BCUT2D eigenvalue weighted by molar-refractivity contribution is -0.137. The van der Waals surface area contributed by atoms with Crippen LogP contribution in [0.4, 0.5) is 13.2 Å². The number of hydrogen-bond acceptors (Lipinski definition) is 3. The highest BCUT2D eigenvalue weighted by atomic mass is 19.4. The number of ether oxygens (including phenoxy) is 1. The fourth-order valence-electron chi connectivity index (χ4n) is 3.17. The molecule has 1 atom stereocenters. The van der Waals surface area contributed by atoms with Crippen molar-refractivity contribution >= 4 is 11.8 Å². The molecule has 0 radical (unpaired) electrons. The number of carbonyl (C=O) groups excluding carboxylic acids is 2. The number of benzene rings is 2. The van der Waals surface area contributed by atoms with Gasteiger partial charge < -0.3 is 15.0 Å². The fourth-order valence-corrected chi connectivity index (χ4v) is 3.17. The van der Waals surface area contributed by atoms with Crippen LogP contribution in [0.3, 0.4) is 0 Å². The Balaban J connectivity index is 1.83. The normalized spacial score (nSPS) is 15.7. The first-order valence-corrected chi connectivity index (χ1v) is 9.20. The van der Waals surface area contributed by atoms with Gasteiger partial charge in [0.1, 0.15) is 18.4 Å². The fraction of sp³-hybridized carbons (Fsp3) is 0.273. The number of halogens is 3. The Labute approximate surface area is 171 Å². The third-order valence-electron chi connectivity index (χ3n) is 4.60. The summed E-state index contributed by atoms with van der Waals surface area (Å²) in [5, 5.41) is 2.70. The van der Waals surface area contributed by atoms with E-state index in [4.69, 9.17) is 4.74 Å². The molecule has 2 aromatic carbocycles. The summed E-state index contributed by atoms with van der Waals surface area (Å²) >= 11 is 0. The molecule has 1 N–H and O–H groups in total. The Morgan fingerprint density at radius 3 is 2.53 bits per heavy atom. The second-order valence-electron chi connectivity index (χ2n) is 6.57. The molecule has 0 saturated carbocycles. The van der Waals surface area contributed by atoms with Crippen molar-refractivity contribution in [3.8, 4) is 17.6 Å². The van der Waals surface area contributed by atoms with Gasteiger partial charge in [0.2, 0.25) is 5.91 Å². The molecule has 8 heteroatoms. The lowest BCUT2D eigenvalue weighted by Crippen LogP contribution is -2.43. The summed E-state index contributed by atoms with van der Waals surface area (Å²) in [5.74, 6) is 4.50. The Hall–Kier alpha value is -3.47.